The van der Waals surface area contributed by atoms with Crippen LogP contribution >= 0.6 is 0 Å². The fourth-order valence-electron chi connectivity index (χ4n) is 3.49. The molecule has 0 unspecified atom stereocenters. The van der Waals surface area contributed by atoms with Crippen molar-refractivity contribution in [2.75, 3.05) is 25.0 Å². The number of hydrogen-bond acceptors (Lipinski definition) is 3. The lowest BCUT2D eigenvalue weighted by Gasteiger charge is -2.18. The van der Waals surface area contributed by atoms with Gasteiger partial charge in [0.25, 0.3) is 11.8 Å². The van der Waals surface area contributed by atoms with Gasteiger partial charge in [0.1, 0.15) is 5.75 Å². The summed E-state index contributed by atoms with van der Waals surface area (Å²) >= 11 is 0. The largest absolute Gasteiger partial charge is 0.494 e. The van der Waals surface area contributed by atoms with Gasteiger partial charge in [0, 0.05) is 18.7 Å². The highest BCUT2D eigenvalue weighted by atomic mass is 16.5. The van der Waals surface area contributed by atoms with Crippen LogP contribution < -0.4 is 10.1 Å². The van der Waals surface area contributed by atoms with E-state index in [0.717, 1.165) is 38.1 Å². The summed E-state index contributed by atoms with van der Waals surface area (Å²) in [5.74, 6) is 0.508. The number of rotatable bonds is 9. The Hall–Kier alpha value is -2.82. The van der Waals surface area contributed by atoms with Gasteiger partial charge >= 0.3 is 0 Å². The fourth-order valence-corrected chi connectivity index (χ4v) is 3.49. The maximum absolute atomic E-state index is 12.8. The predicted molar refractivity (Wildman–Crippen MR) is 116 cm³/mol. The average Bonchev–Trinajstić information content (AvgIpc) is 3.29. The molecule has 1 aliphatic heterocycles. The maximum Gasteiger partial charge on any atom is 0.255 e. The molecule has 5 nitrogen and oxygen atoms in total. The van der Waals surface area contributed by atoms with Crippen molar-refractivity contribution in [2.45, 2.75) is 45.4 Å². The molecular weight excluding hydrogens is 364 g/mol. The monoisotopic (exact) mass is 394 g/mol. The number of ether oxygens (including phenoxy) is 1. The summed E-state index contributed by atoms with van der Waals surface area (Å²) in [5, 5.41) is 2.89. The van der Waals surface area contributed by atoms with Crippen molar-refractivity contribution < 1.29 is 14.3 Å². The van der Waals surface area contributed by atoms with E-state index in [-0.39, 0.29) is 11.8 Å². The molecule has 1 N–H and O–H groups in total. The summed E-state index contributed by atoms with van der Waals surface area (Å²) in [6, 6.07) is 14.3. The van der Waals surface area contributed by atoms with Gasteiger partial charge in [0.05, 0.1) is 17.9 Å². The fraction of sp³-hybridized carbons (Fsp3) is 0.417. The van der Waals surface area contributed by atoms with Crippen molar-refractivity contribution in [2.24, 2.45) is 0 Å². The summed E-state index contributed by atoms with van der Waals surface area (Å²) in [6.07, 6.45) is 6.71. The molecule has 2 aromatic rings. The number of likely N-dealkylation sites (tertiary alicyclic amines) is 1. The van der Waals surface area contributed by atoms with Gasteiger partial charge in [-0.15, -0.1) is 0 Å². The standard InChI is InChI=1S/C24H30N2O3/c1-2-3-4-9-18-29-20-14-12-19(13-15-20)23(27)25-22-11-6-5-10-21(22)24(28)26-16-7-8-17-26/h5-6,10-15H,2-4,7-9,16-18H2,1H3,(H,25,27). The lowest BCUT2D eigenvalue weighted by Crippen LogP contribution is -2.28. The molecule has 0 bridgehead atoms. The van der Waals surface area contributed by atoms with Crippen molar-refractivity contribution in [1.82, 2.24) is 4.90 Å². The van der Waals surface area contributed by atoms with E-state index in [0.29, 0.717) is 23.4 Å². The minimum atomic E-state index is -0.235. The van der Waals surface area contributed by atoms with E-state index >= 15 is 0 Å². The van der Waals surface area contributed by atoms with Crippen LogP contribution in [-0.2, 0) is 0 Å². The molecule has 1 saturated heterocycles. The average molecular weight is 395 g/mol. The first-order valence-electron chi connectivity index (χ1n) is 10.6. The van der Waals surface area contributed by atoms with E-state index in [1.165, 1.54) is 19.3 Å². The first kappa shape index (κ1) is 20.9. The van der Waals surface area contributed by atoms with Crippen molar-refractivity contribution in [3.05, 3.63) is 59.7 Å². The molecule has 2 amide bonds. The van der Waals surface area contributed by atoms with E-state index < -0.39 is 0 Å². The van der Waals surface area contributed by atoms with Crippen molar-refractivity contribution in [3.8, 4) is 5.75 Å². The van der Waals surface area contributed by atoms with Crippen LogP contribution in [0.25, 0.3) is 0 Å². The Balaban J connectivity index is 1.59. The van der Waals surface area contributed by atoms with Crippen molar-refractivity contribution >= 4 is 17.5 Å². The molecule has 1 fully saturated rings. The van der Waals surface area contributed by atoms with Crippen LogP contribution in [0.1, 0.15) is 66.2 Å². The smallest absolute Gasteiger partial charge is 0.255 e. The summed E-state index contributed by atoms with van der Waals surface area (Å²) < 4.78 is 5.73. The van der Waals surface area contributed by atoms with Gasteiger partial charge < -0.3 is 15.0 Å². The number of carbonyl (C=O) groups is 2. The van der Waals surface area contributed by atoms with E-state index in [4.69, 9.17) is 4.74 Å². The summed E-state index contributed by atoms with van der Waals surface area (Å²) in [7, 11) is 0. The van der Waals surface area contributed by atoms with Crippen LogP contribution in [0.4, 0.5) is 5.69 Å². The molecular formula is C24H30N2O3. The first-order valence-corrected chi connectivity index (χ1v) is 10.6. The second-order valence-electron chi connectivity index (χ2n) is 7.43. The molecule has 0 aromatic heterocycles. The molecule has 0 atom stereocenters. The quantitative estimate of drug-likeness (QED) is 0.600. The van der Waals surface area contributed by atoms with E-state index in [1.807, 2.05) is 29.2 Å². The summed E-state index contributed by atoms with van der Waals surface area (Å²) in [4.78, 5) is 27.3. The number of nitrogens with one attached hydrogen (secondary N) is 1. The van der Waals surface area contributed by atoms with Gasteiger partial charge in [-0.2, -0.15) is 0 Å². The van der Waals surface area contributed by atoms with Crippen LogP contribution in [0.5, 0.6) is 5.75 Å². The third kappa shape index (κ3) is 5.83. The van der Waals surface area contributed by atoms with Crippen LogP contribution in [0, 0.1) is 0 Å². The molecule has 0 aliphatic carbocycles. The number of anilines is 1. The van der Waals surface area contributed by atoms with Gasteiger partial charge in [-0.05, 0) is 55.7 Å². The Morgan fingerprint density at radius 3 is 2.41 bits per heavy atom. The summed E-state index contributed by atoms with van der Waals surface area (Å²) in [6.45, 7) is 4.44. The lowest BCUT2D eigenvalue weighted by atomic mass is 10.1. The number of hydrogen-bond donors (Lipinski definition) is 1. The van der Waals surface area contributed by atoms with Gasteiger partial charge in [0.15, 0.2) is 0 Å². The normalized spacial score (nSPS) is 13.3. The third-order valence-electron chi connectivity index (χ3n) is 5.18. The van der Waals surface area contributed by atoms with Gasteiger partial charge in [0.2, 0.25) is 0 Å². The van der Waals surface area contributed by atoms with Gasteiger partial charge in [-0.3, -0.25) is 9.59 Å². The summed E-state index contributed by atoms with van der Waals surface area (Å²) in [5.41, 5.74) is 1.62. The van der Waals surface area contributed by atoms with Crippen molar-refractivity contribution in [3.63, 3.8) is 0 Å². The third-order valence-corrected chi connectivity index (χ3v) is 5.18. The molecule has 0 saturated carbocycles. The minimum Gasteiger partial charge on any atom is -0.494 e. The van der Waals surface area contributed by atoms with E-state index in [1.54, 1.807) is 24.3 Å². The highest BCUT2D eigenvalue weighted by Crippen LogP contribution is 2.21. The second-order valence-corrected chi connectivity index (χ2v) is 7.43. The molecule has 2 aromatic carbocycles. The molecule has 0 spiro atoms. The first-order chi connectivity index (χ1) is 14.2. The van der Waals surface area contributed by atoms with Crippen molar-refractivity contribution in [1.29, 1.82) is 0 Å². The zero-order chi connectivity index (χ0) is 20.5. The second kappa shape index (κ2) is 10.6. The van der Waals surface area contributed by atoms with Crippen LogP contribution in [0.2, 0.25) is 0 Å². The van der Waals surface area contributed by atoms with Crippen LogP contribution in [0.15, 0.2) is 48.5 Å². The Morgan fingerprint density at radius 1 is 0.966 bits per heavy atom. The molecule has 29 heavy (non-hydrogen) atoms. The van der Waals surface area contributed by atoms with E-state index in [2.05, 4.69) is 12.2 Å². The molecule has 1 heterocycles. The number of amides is 2. The molecule has 154 valence electrons. The Kier molecular flexibility index (Phi) is 7.68. The number of para-hydroxylation sites is 1. The number of nitrogens with zero attached hydrogens (tertiary/aromatic N) is 1. The van der Waals surface area contributed by atoms with Gasteiger partial charge in [-0.1, -0.05) is 38.3 Å². The Bertz CT molecular complexity index is 811. The Morgan fingerprint density at radius 2 is 1.69 bits per heavy atom. The SMILES string of the molecule is CCCCCCOc1ccc(C(=O)Nc2ccccc2C(=O)N2CCCC2)cc1. The number of unbranched alkanes of at least 4 members (excludes halogenated alkanes) is 3. The molecule has 0 radical (unpaired) electrons. The zero-order valence-corrected chi connectivity index (χ0v) is 17.2. The molecule has 3 rings (SSSR count). The number of benzene rings is 2. The molecule has 1 aliphatic rings. The number of carbonyl (C=O) groups excluding carboxylic acids is 2. The zero-order valence-electron chi connectivity index (χ0n) is 17.2. The molecule has 5 heteroatoms. The lowest BCUT2D eigenvalue weighted by molar-refractivity contribution is 0.0794. The Labute approximate surface area is 173 Å². The predicted octanol–water partition coefficient (Wildman–Crippen LogP) is 5.13. The minimum absolute atomic E-state index is 0.0229. The van der Waals surface area contributed by atoms with Crippen LogP contribution in [0.3, 0.4) is 0 Å². The highest BCUT2D eigenvalue weighted by Gasteiger charge is 2.22. The van der Waals surface area contributed by atoms with Crippen LogP contribution in [-0.4, -0.2) is 36.4 Å². The topological polar surface area (TPSA) is 58.6 Å². The van der Waals surface area contributed by atoms with E-state index in [9.17, 15) is 9.59 Å². The van der Waals surface area contributed by atoms with Gasteiger partial charge in [-0.25, -0.2) is 0 Å². The highest BCUT2D eigenvalue weighted by molar-refractivity contribution is 6.09. The maximum atomic E-state index is 12.8.